The number of anilines is 3. The molecule has 1 aromatic carbocycles. The standard InChI is InChI=1S/C12H12F2N4/c1-2-16-10-6-15-7-11(18-10)17-9-5-3-4-8(13)12(9)14/h3-7H,2H2,1H3,(H2,16,17,18). The van der Waals surface area contributed by atoms with E-state index in [1.165, 1.54) is 18.3 Å². The van der Waals surface area contributed by atoms with E-state index < -0.39 is 11.6 Å². The summed E-state index contributed by atoms with van der Waals surface area (Å²) >= 11 is 0. The lowest BCUT2D eigenvalue weighted by atomic mass is 10.3. The van der Waals surface area contributed by atoms with Crippen LogP contribution in [-0.4, -0.2) is 16.5 Å². The Hall–Kier alpha value is -2.24. The van der Waals surface area contributed by atoms with Crippen LogP contribution in [0.1, 0.15) is 6.92 Å². The van der Waals surface area contributed by atoms with Gasteiger partial charge < -0.3 is 10.6 Å². The van der Waals surface area contributed by atoms with Crippen LogP contribution in [-0.2, 0) is 0 Å². The van der Waals surface area contributed by atoms with Crippen molar-refractivity contribution in [1.29, 1.82) is 0 Å². The van der Waals surface area contributed by atoms with Gasteiger partial charge in [0.25, 0.3) is 0 Å². The minimum atomic E-state index is -0.937. The third-order valence-electron chi connectivity index (χ3n) is 2.21. The van der Waals surface area contributed by atoms with Gasteiger partial charge in [-0.05, 0) is 19.1 Å². The number of benzene rings is 1. The summed E-state index contributed by atoms with van der Waals surface area (Å²) in [6, 6.07) is 3.91. The predicted molar refractivity (Wildman–Crippen MR) is 65.8 cm³/mol. The van der Waals surface area contributed by atoms with Crippen molar-refractivity contribution in [2.75, 3.05) is 17.2 Å². The molecular weight excluding hydrogens is 238 g/mol. The molecule has 18 heavy (non-hydrogen) atoms. The average molecular weight is 250 g/mol. The van der Waals surface area contributed by atoms with Gasteiger partial charge in [0, 0.05) is 6.54 Å². The Balaban J connectivity index is 2.23. The summed E-state index contributed by atoms with van der Waals surface area (Å²) in [5.41, 5.74) is 0.0259. The maximum absolute atomic E-state index is 13.4. The Morgan fingerprint density at radius 3 is 2.72 bits per heavy atom. The van der Waals surface area contributed by atoms with Crippen molar-refractivity contribution < 1.29 is 8.78 Å². The summed E-state index contributed by atoms with van der Waals surface area (Å²) in [6.45, 7) is 2.63. The third-order valence-corrected chi connectivity index (χ3v) is 2.21. The van der Waals surface area contributed by atoms with Gasteiger partial charge in [-0.3, -0.25) is 4.98 Å². The number of aromatic nitrogens is 2. The molecule has 6 heteroatoms. The van der Waals surface area contributed by atoms with Gasteiger partial charge in [0.2, 0.25) is 0 Å². The summed E-state index contributed by atoms with van der Waals surface area (Å²) in [7, 11) is 0. The number of nitrogens with zero attached hydrogens (tertiary/aromatic N) is 2. The molecule has 0 aliphatic carbocycles. The van der Waals surface area contributed by atoms with Crippen LogP contribution in [0, 0.1) is 11.6 Å². The molecule has 2 aromatic rings. The first-order chi connectivity index (χ1) is 8.70. The van der Waals surface area contributed by atoms with Crippen molar-refractivity contribution in [3.8, 4) is 0 Å². The average Bonchev–Trinajstić information content (AvgIpc) is 2.36. The van der Waals surface area contributed by atoms with Crippen LogP contribution in [0.15, 0.2) is 30.6 Å². The number of rotatable bonds is 4. The highest BCUT2D eigenvalue weighted by Gasteiger charge is 2.08. The monoisotopic (exact) mass is 250 g/mol. The molecule has 0 spiro atoms. The SMILES string of the molecule is CCNc1cncc(Nc2cccc(F)c2F)n1. The van der Waals surface area contributed by atoms with E-state index in [4.69, 9.17) is 0 Å². The maximum Gasteiger partial charge on any atom is 0.182 e. The van der Waals surface area contributed by atoms with Gasteiger partial charge in [-0.2, -0.15) is 0 Å². The van der Waals surface area contributed by atoms with E-state index in [0.717, 1.165) is 6.07 Å². The fourth-order valence-electron chi connectivity index (χ4n) is 1.43. The number of halogens is 2. The zero-order valence-corrected chi connectivity index (χ0v) is 9.74. The Morgan fingerprint density at radius 1 is 1.17 bits per heavy atom. The smallest absolute Gasteiger partial charge is 0.182 e. The molecular formula is C12H12F2N4. The Bertz CT molecular complexity index is 545. The Morgan fingerprint density at radius 2 is 1.94 bits per heavy atom. The van der Waals surface area contributed by atoms with Crippen molar-refractivity contribution in [2.24, 2.45) is 0 Å². The summed E-state index contributed by atoms with van der Waals surface area (Å²) in [5.74, 6) is -0.929. The lowest BCUT2D eigenvalue weighted by Gasteiger charge is -2.08. The van der Waals surface area contributed by atoms with Gasteiger partial charge in [-0.1, -0.05) is 6.07 Å². The lowest BCUT2D eigenvalue weighted by Crippen LogP contribution is -2.03. The molecule has 0 aliphatic heterocycles. The van der Waals surface area contributed by atoms with Crippen molar-refractivity contribution in [2.45, 2.75) is 6.92 Å². The second-order valence-corrected chi connectivity index (χ2v) is 3.55. The van der Waals surface area contributed by atoms with Crippen LogP contribution < -0.4 is 10.6 Å². The van der Waals surface area contributed by atoms with Crippen LogP contribution in [0.3, 0.4) is 0 Å². The first-order valence-electron chi connectivity index (χ1n) is 5.47. The number of nitrogens with one attached hydrogen (secondary N) is 2. The first-order valence-corrected chi connectivity index (χ1v) is 5.47. The molecule has 2 rings (SSSR count). The molecule has 0 fully saturated rings. The molecule has 4 nitrogen and oxygen atoms in total. The molecule has 94 valence electrons. The molecule has 0 atom stereocenters. The van der Waals surface area contributed by atoms with E-state index in [1.54, 1.807) is 6.20 Å². The lowest BCUT2D eigenvalue weighted by molar-refractivity contribution is 0.511. The summed E-state index contributed by atoms with van der Waals surface area (Å²) < 4.78 is 26.5. The molecule has 1 heterocycles. The normalized spacial score (nSPS) is 10.2. The molecule has 0 bridgehead atoms. The highest BCUT2D eigenvalue weighted by molar-refractivity contribution is 5.57. The zero-order valence-electron chi connectivity index (χ0n) is 9.74. The largest absolute Gasteiger partial charge is 0.369 e. The molecule has 0 unspecified atom stereocenters. The zero-order chi connectivity index (χ0) is 13.0. The van der Waals surface area contributed by atoms with Gasteiger partial charge >= 0.3 is 0 Å². The summed E-state index contributed by atoms with van der Waals surface area (Å²) in [5, 5.41) is 5.66. The molecule has 0 saturated carbocycles. The van der Waals surface area contributed by atoms with E-state index in [2.05, 4.69) is 20.6 Å². The minimum Gasteiger partial charge on any atom is -0.369 e. The van der Waals surface area contributed by atoms with Gasteiger partial charge in [-0.25, -0.2) is 13.8 Å². The summed E-state index contributed by atoms with van der Waals surface area (Å²) in [6.07, 6.45) is 2.99. The van der Waals surface area contributed by atoms with Gasteiger partial charge in [0.05, 0.1) is 18.1 Å². The molecule has 0 radical (unpaired) electrons. The molecule has 0 saturated heterocycles. The van der Waals surface area contributed by atoms with E-state index in [9.17, 15) is 8.78 Å². The van der Waals surface area contributed by atoms with Crippen LogP contribution >= 0.6 is 0 Å². The highest BCUT2D eigenvalue weighted by Crippen LogP contribution is 2.20. The van der Waals surface area contributed by atoms with Gasteiger partial charge in [0.1, 0.15) is 5.82 Å². The minimum absolute atomic E-state index is 0.0259. The van der Waals surface area contributed by atoms with Crippen LogP contribution in [0.25, 0.3) is 0 Å². The molecule has 2 N–H and O–H groups in total. The predicted octanol–water partition coefficient (Wildman–Crippen LogP) is 2.93. The molecule has 0 aliphatic rings. The molecule has 0 amide bonds. The van der Waals surface area contributed by atoms with Crippen LogP contribution in [0.2, 0.25) is 0 Å². The summed E-state index contributed by atoms with van der Waals surface area (Å²) in [4.78, 5) is 8.10. The highest BCUT2D eigenvalue weighted by atomic mass is 19.2. The Labute approximate surface area is 103 Å². The van der Waals surface area contributed by atoms with Crippen LogP contribution in [0.4, 0.5) is 26.1 Å². The maximum atomic E-state index is 13.4. The van der Waals surface area contributed by atoms with Crippen molar-refractivity contribution in [3.63, 3.8) is 0 Å². The van der Waals surface area contributed by atoms with Gasteiger partial charge in [-0.15, -0.1) is 0 Å². The van der Waals surface area contributed by atoms with Crippen molar-refractivity contribution >= 4 is 17.3 Å². The topological polar surface area (TPSA) is 49.8 Å². The van der Waals surface area contributed by atoms with E-state index in [1.807, 2.05) is 6.92 Å². The third kappa shape index (κ3) is 2.71. The second kappa shape index (κ2) is 5.39. The fraction of sp³-hybridized carbons (Fsp3) is 0.167. The quantitative estimate of drug-likeness (QED) is 0.876. The second-order valence-electron chi connectivity index (χ2n) is 3.55. The van der Waals surface area contributed by atoms with Gasteiger partial charge in [0.15, 0.2) is 17.5 Å². The van der Waals surface area contributed by atoms with E-state index in [0.29, 0.717) is 18.2 Å². The first kappa shape index (κ1) is 12.2. The van der Waals surface area contributed by atoms with Crippen molar-refractivity contribution in [1.82, 2.24) is 9.97 Å². The number of hydrogen-bond donors (Lipinski definition) is 2. The van der Waals surface area contributed by atoms with Crippen molar-refractivity contribution in [3.05, 3.63) is 42.2 Å². The number of hydrogen-bond acceptors (Lipinski definition) is 4. The van der Waals surface area contributed by atoms with E-state index in [-0.39, 0.29) is 5.69 Å². The fourth-order valence-corrected chi connectivity index (χ4v) is 1.43. The van der Waals surface area contributed by atoms with Crippen LogP contribution in [0.5, 0.6) is 0 Å². The van der Waals surface area contributed by atoms with E-state index >= 15 is 0 Å². The molecule has 1 aromatic heterocycles. The Kier molecular flexibility index (Phi) is 3.66.